The molecule has 0 saturated carbocycles. The highest BCUT2D eigenvalue weighted by atomic mass is 35.5. The third kappa shape index (κ3) is 8.29. The zero-order chi connectivity index (χ0) is 30.1. The number of hydrogen-bond acceptors (Lipinski definition) is 4. The Morgan fingerprint density at radius 1 is 0.786 bits per heavy atom. The molecule has 0 saturated heterocycles. The highest BCUT2D eigenvalue weighted by Gasteiger charge is 2.16. The lowest BCUT2D eigenvalue weighted by Crippen LogP contribution is -2.16. The molecule has 0 aromatic heterocycles. The van der Waals surface area contributed by atoms with Gasteiger partial charge in [0.15, 0.2) is 5.75 Å². The van der Waals surface area contributed by atoms with Crippen molar-refractivity contribution in [2.75, 3.05) is 33.5 Å². The van der Waals surface area contributed by atoms with Gasteiger partial charge in [-0.05, 0) is 115 Å². The first-order valence-corrected chi connectivity index (χ1v) is 15.2. The molecule has 6 heteroatoms. The molecule has 0 spiro atoms. The number of halogens is 2. The molecule has 1 unspecified atom stereocenters. The molecule has 2 N–H and O–H groups in total. The average molecular weight is 607 g/mol. The number of methoxy groups -OCH3 is 1. The van der Waals surface area contributed by atoms with E-state index in [1.165, 1.54) is 38.9 Å². The topological polar surface area (TPSA) is 53.7 Å². The Kier molecular flexibility index (Phi) is 11.7. The van der Waals surface area contributed by atoms with E-state index in [1.54, 1.807) is 7.11 Å². The molecule has 0 radical (unpaired) electrons. The van der Waals surface area contributed by atoms with Gasteiger partial charge in [0.2, 0.25) is 0 Å². The second-order valence-corrected chi connectivity index (χ2v) is 11.6. The van der Waals surface area contributed by atoms with Gasteiger partial charge in [0.05, 0.1) is 10.0 Å². The van der Waals surface area contributed by atoms with Crippen molar-refractivity contribution in [2.45, 2.75) is 46.0 Å². The lowest BCUT2D eigenvalue weighted by Gasteiger charge is -2.20. The fourth-order valence-electron chi connectivity index (χ4n) is 5.50. The van der Waals surface area contributed by atoms with Gasteiger partial charge in [-0.1, -0.05) is 71.7 Å². The molecule has 0 heterocycles. The van der Waals surface area contributed by atoms with E-state index in [-0.39, 0.29) is 5.92 Å². The normalized spacial score (nSPS) is 11.9. The third-order valence-corrected chi connectivity index (χ3v) is 8.14. The summed E-state index contributed by atoms with van der Waals surface area (Å²) in [5.41, 5.74) is 16.3. The van der Waals surface area contributed by atoms with Crippen molar-refractivity contribution in [3.8, 4) is 22.6 Å². The zero-order valence-corrected chi connectivity index (χ0v) is 26.5. The highest BCUT2D eigenvalue weighted by molar-refractivity contribution is 6.37. The first-order valence-electron chi connectivity index (χ1n) is 14.5. The molecule has 4 aromatic carbocycles. The predicted molar refractivity (Wildman–Crippen MR) is 176 cm³/mol. The first kappa shape index (κ1) is 31.9. The fraction of sp³-hybridized carbons (Fsp3) is 0.333. The lowest BCUT2D eigenvalue weighted by atomic mass is 9.86. The van der Waals surface area contributed by atoms with Crippen molar-refractivity contribution in [1.29, 1.82) is 0 Å². The summed E-state index contributed by atoms with van der Waals surface area (Å²) in [6.07, 6.45) is 2.87. The minimum absolute atomic E-state index is 0.223. The monoisotopic (exact) mass is 605 g/mol. The largest absolute Gasteiger partial charge is 0.490 e. The highest BCUT2D eigenvalue weighted by Crippen LogP contribution is 2.35. The van der Waals surface area contributed by atoms with Crippen molar-refractivity contribution >= 4 is 23.2 Å². The van der Waals surface area contributed by atoms with Crippen LogP contribution in [0.15, 0.2) is 72.8 Å². The summed E-state index contributed by atoms with van der Waals surface area (Å²) in [5, 5.41) is 1.00. The van der Waals surface area contributed by atoms with Gasteiger partial charge in [-0.2, -0.15) is 0 Å². The molecule has 0 aliphatic carbocycles. The number of ether oxygens (including phenoxy) is 3. The zero-order valence-electron chi connectivity index (χ0n) is 25.0. The van der Waals surface area contributed by atoms with E-state index in [4.69, 9.17) is 43.1 Å². The van der Waals surface area contributed by atoms with Gasteiger partial charge in [-0.3, -0.25) is 0 Å². The molecular weight excluding hydrogens is 565 g/mol. The smallest absolute Gasteiger partial charge is 0.156 e. The molecule has 0 fully saturated rings. The standard InChI is InChI=1S/C36H41Cl2NO3/c1-24-19-33(37)36(34(38)20-24)42-18-17-41-31-13-10-27(11-14-31)22-30(23-39)32-15-12-29(21-26(32)3)35-25(2)7-5-8-28(35)9-6-16-40-4/h5,7-8,10-15,19-21,30H,6,9,16-18,22-23,39H2,1-4H3. The van der Waals surface area contributed by atoms with Crippen LogP contribution in [0, 0.1) is 20.8 Å². The van der Waals surface area contributed by atoms with Crippen molar-refractivity contribution < 1.29 is 14.2 Å². The van der Waals surface area contributed by atoms with E-state index in [0.717, 1.165) is 37.2 Å². The average Bonchev–Trinajstić information content (AvgIpc) is 2.96. The van der Waals surface area contributed by atoms with Gasteiger partial charge < -0.3 is 19.9 Å². The van der Waals surface area contributed by atoms with E-state index >= 15 is 0 Å². The maximum absolute atomic E-state index is 6.31. The number of aryl methyl sites for hydroxylation is 4. The Morgan fingerprint density at radius 3 is 2.17 bits per heavy atom. The van der Waals surface area contributed by atoms with E-state index in [1.807, 2.05) is 31.2 Å². The Balaban J connectivity index is 1.37. The molecule has 0 bridgehead atoms. The summed E-state index contributed by atoms with van der Waals surface area (Å²) in [6.45, 7) is 8.39. The van der Waals surface area contributed by atoms with Crippen LogP contribution in [-0.2, 0) is 17.6 Å². The Bertz CT molecular complexity index is 1450. The first-order chi connectivity index (χ1) is 20.3. The maximum atomic E-state index is 6.31. The van der Waals surface area contributed by atoms with Gasteiger partial charge in [-0.25, -0.2) is 0 Å². The number of hydrogen-bond donors (Lipinski definition) is 1. The summed E-state index contributed by atoms with van der Waals surface area (Å²) < 4.78 is 16.9. The number of rotatable bonds is 14. The maximum Gasteiger partial charge on any atom is 0.156 e. The van der Waals surface area contributed by atoms with Crippen LogP contribution < -0.4 is 15.2 Å². The molecule has 4 nitrogen and oxygen atoms in total. The summed E-state index contributed by atoms with van der Waals surface area (Å²) in [6, 6.07) is 25.3. The van der Waals surface area contributed by atoms with E-state index in [9.17, 15) is 0 Å². The van der Waals surface area contributed by atoms with E-state index in [0.29, 0.717) is 35.6 Å². The predicted octanol–water partition coefficient (Wildman–Crippen LogP) is 8.91. The van der Waals surface area contributed by atoms with Crippen LogP contribution in [0.4, 0.5) is 0 Å². The van der Waals surface area contributed by atoms with Crippen LogP contribution in [0.3, 0.4) is 0 Å². The molecule has 4 aromatic rings. The second-order valence-electron chi connectivity index (χ2n) is 10.8. The molecule has 0 amide bonds. The molecule has 1 atom stereocenters. The molecule has 4 rings (SSSR count). The van der Waals surface area contributed by atoms with Crippen molar-refractivity contribution in [2.24, 2.45) is 5.73 Å². The molecule has 222 valence electrons. The second kappa shape index (κ2) is 15.5. The summed E-state index contributed by atoms with van der Waals surface area (Å²) in [7, 11) is 1.76. The number of nitrogens with two attached hydrogens (primary N) is 1. The van der Waals surface area contributed by atoms with Gasteiger partial charge >= 0.3 is 0 Å². The molecule has 0 aliphatic rings. The van der Waals surface area contributed by atoms with Crippen LogP contribution in [0.5, 0.6) is 11.5 Å². The summed E-state index contributed by atoms with van der Waals surface area (Å²) >= 11 is 12.5. The summed E-state index contributed by atoms with van der Waals surface area (Å²) in [4.78, 5) is 0. The van der Waals surface area contributed by atoms with Crippen LogP contribution in [0.25, 0.3) is 11.1 Å². The fourth-order valence-corrected chi connectivity index (χ4v) is 6.21. The van der Waals surface area contributed by atoms with Crippen LogP contribution in [0.1, 0.15) is 45.7 Å². The van der Waals surface area contributed by atoms with Gasteiger partial charge in [0.25, 0.3) is 0 Å². The summed E-state index contributed by atoms with van der Waals surface area (Å²) in [5.74, 6) is 1.49. The van der Waals surface area contributed by atoms with E-state index < -0.39 is 0 Å². The Morgan fingerprint density at radius 2 is 1.50 bits per heavy atom. The SMILES string of the molecule is COCCCc1cccc(C)c1-c1ccc(C(CN)Cc2ccc(OCCOc3c(Cl)cc(C)cc3Cl)cc2)c(C)c1. The minimum atomic E-state index is 0.223. The van der Waals surface area contributed by atoms with Gasteiger partial charge in [-0.15, -0.1) is 0 Å². The Hall–Kier alpha value is -3.02. The number of benzene rings is 4. The van der Waals surface area contributed by atoms with Crippen LogP contribution >= 0.6 is 23.2 Å². The molecule has 42 heavy (non-hydrogen) atoms. The van der Waals surface area contributed by atoms with Crippen LogP contribution in [-0.4, -0.2) is 33.5 Å². The van der Waals surface area contributed by atoms with Crippen LogP contribution in [0.2, 0.25) is 10.0 Å². The van der Waals surface area contributed by atoms with Crippen molar-refractivity contribution in [1.82, 2.24) is 0 Å². The molecular formula is C36H41Cl2NO3. The quantitative estimate of drug-likeness (QED) is 0.146. The molecule has 0 aliphatic heterocycles. The lowest BCUT2D eigenvalue weighted by molar-refractivity contribution is 0.195. The van der Waals surface area contributed by atoms with Crippen molar-refractivity contribution in [3.63, 3.8) is 0 Å². The third-order valence-electron chi connectivity index (χ3n) is 7.58. The minimum Gasteiger partial charge on any atom is -0.490 e. The van der Waals surface area contributed by atoms with Crippen molar-refractivity contribution in [3.05, 3.63) is 116 Å². The Labute approximate surface area is 260 Å². The van der Waals surface area contributed by atoms with Gasteiger partial charge in [0, 0.05) is 19.6 Å². The van der Waals surface area contributed by atoms with E-state index in [2.05, 4.69) is 62.4 Å². The van der Waals surface area contributed by atoms with Gasteiger partial charge in [0.1, 0.15) is 19.0 Å².